The number of hydrogen-bond donors (Lipinski definition) is 3. The van der Waals surface area contributed by atoms with Crippen molar-refractivity contribution in [3.8, 4) is 11.1 Å². The highest BCUT2D eigenvalue weighted by Gasteiger charge is 2.11. The highest BCUT2D eigenvalue weighted by atomic mass is 32.1. The van der Waals surface area contributed by atoms with Gasteiger partial charge in [0.15, 0.2) is 5.84 Å². The van der Waals surface area contributed by atoms with Crippen LogP contribution in [0.2, 0.25) is 0 Å². The lowest BCUT2D eigenvalue weighted by Crippen LogP contribution is -2.24. The van der Waals surface area contributed by atoms with Gasteiger partial charge in [0.25, 0.3) is 0 Å². The summed E-state index contributed by atoms with van der Waals surface area (Å²) in [5.41, 5.74) is 12.4. The number of ether oxygens (including phenoxy) is 1. The number of nitrogens with two attached hydrogens (primary N) is 1. The molecule has 0 fully saturated rings. The minimum atomic E-state index is -0.644. The molecule has 0 atom stereocenters. The van der Waals surface area contributed by atoms with Crippen LogP contribution in [0.25, 0.3) is 21.2 Å². The van der Waals surface area contributed by atoms with Gasteiger partial charge in [-0.05, 0) is 36.2 Å². The van der Waals surface area contributed by atoms with Crippen molar-refractivity contribution in [3.63, 3.8) is 0 Å². The summed E-state index contributed by atoms with van der Waals surface area (Å²) in [5.74, 6) is 0.201. The molecule has 0 aliphatic carbocycles. The lowest BCUT2D eigenvalue weighted by molar-refractivity contribution is 0.152. The predicted octanol–water partition coefficient (Wildman–Crippen LogP) is 5.07. The van der Waals surface area contributed by atoms with E-state index >= 15 is 0 Å². The number of nitrogens with zero attached hydrogens (tertiary/aromatic N) is 2. The number of hydrogen-bond acceptors (Lipinski definition) is 6. The van der Waals surface area contributed by atoms with E-state index in [2.05, 4.69) is 45.1 Å². The van der Waals surface area contributed by atoms with Gasteiger partial charge in [-0.25, -0.2) is 10.2 Å². The van der Waals surface area contributed by atoms with E-state index in [1.165, 1.54) is 16.9 Å². The Morgan fingerprint density at radius 2 is 1.84 bits per heavy atom. The molecule has 0 saturated heterocycles. The quantitative estimate of drug-likeness (QED) is 0.225. The summed E-state index contributed by atoms with van der Waals surface area (Å²) in [6, 6.07) is 20.4. The van der Waals surface area contributed by atoms with Gasteiger partial charge >= 0.3 is 6.09 Å². The second-order valence-electron chi connectivity index (χ2n) is 6.61. The summed E-state index contributed by atoms with van der Waals surface area (Å²) in [6.07, 6.45) is 2.91. The van der Waals surface area contributed by atoms with Crippen molar-refractivity contribution < 1.29 is 9.53 Å². The van der Waals surface area contributed by atoms with Crippen molar-refractivity contribution in [1.82, 2.24) is 10.4 Å². The van der Waals surface area contributed by atoms with Crippen LogP contribution in [-0.2, 0) is 4.74 Å². The number of aromatic nitrogens is 1. The monoisotopic (exact) mass is 431 g/mol. The molecule has 8 heteroatoms. The molecule has 2 heterocycles. The lowest BCUT2D eigenvalue weighted by Gasteiger charge is -2.08. The Morgan fingerprint density at radius 1 is 1.10 bits per heavy atom. The molecule has 0 radical (unpaired) electrons. The molecule has 0 aliphatic rings. The van der Waals surface area contributed by atoms with Crippen molar-refractivity contribution in [3.05, 3.63) is 77.9 Å². The van der Waals surface area contributed by atoms with Crippen LogP contribution in [0.5, 0.6) is 0 Å². The number of rotatable bonds is 6. The van der Waals surface area contributed by atoms with Gasteiger partial charge in [0, 0.05) is 17.3 Å². The zero-order valence-corrected chi connectivity index (χ0v) is 17.6. The molecule has 0 aliphatic heterocycles. The molecule has 1 amide bonds. The van der Waals surface area contributed by atoms with Gasteiger partial charge in [-0.2, -0.15) is 5.10 Å². The maximum Gasteiger partial charge on any atom is 0.427 e. The molecule has 7 nitrogen and oxygen atoms in total. The van der Waals surface area contributed by atoms with E-state index in [0.717, 1.165) is 31.9 Å². The molecule has 0 saturated carbocycles. The Morgan fingerprint density at radius 3 is 2.58 bits per heavy atom. The summed E-state index contributed by atoms with van der Waals surface area (Å²) in [5, 5.41) is 8.29. The van der Waals surface area contributed by atoms with Gasteiger partial charge < -0.3 is 15.8 Å². The summed E-state index contributed by atoms with van der Waals surface area (Å²) in [6.45, 7) is 1.98. The van der Waals surface area contributed by atoms with Crippen LogP contribution in [0, 0.1) is 0 Å². The van der Waals surface area contributed by atoms with Crippen LogP contribution in [0.4, 0.5) is 16.2 Å². The summed E-state index contributed by atoms with van der Waals surface area (Å²) < 4.78 is 5.73. The highest BCUT2D eigenvalue weighted by Crippen LogP contribution is 2.32. The molecule has 156 valence electrons. The SMILES string of the molecule is CCOC(=O)NN=C(N)c1cc2c(Nc3ccc(-c4ccccc4)cc3)cncc2s1. The van der Waals surface area contributed by atoms with Crippen molar-refractivity contribution in [1.29, 1.82) is 0 Å². The number of hydrazone groups is 1. The first kappa shape index (κ1) is 20.4. The number of carbonyl (C=O) groups is 1. The van der Waals surface area contributed by atoms with Gasteiger partial charge in [-0.3, -0.25) is 4.98 Å². The van der Waals surface area contributed by atoms with Crippen molar-refractivity contribution in [2.75, 3.05) is 11.9 Å². The Hall–Kier alpha value is -3.91. The molecule has 4 rings (SSSR count). The zero-order chi connectivity index (χ0) is 21.6. The van der Waals surface area contributed by atoms with Crippen molar-refractivity contribution >= 4 is 44.7 Å². The van der Waals surface area contributed by atoms with E-state index in [9.17, 15) is 4.79 Å². The maximum absolute atomic E-state index is 11.4. The largest absolute Gasteiger partial charge is 0.449 e. The molecule has 0 spiro atoms. The summed E-state index contributed by atoms with van der Waals surface area (Å²) >= 11 is 1.44. The Bertz CT molecular complexity index is 1220. The minimum Gasteiger partial charge on any atom is -0.449 e. The first-order valence-corrected chi connectivity index (χ1v) is 10.5. The van der Waals surface area contributed by atoms with E-state index in [0.29, 0.717) is 0 Å². The predicted molar refractivity (Wildman–Crippen MR) is 126 cm³/mol. The van der Waals surface area contributed by atoms with E-state index in [-0.39, 0.29) is 12.4 Å². The second kappa shape index (κ2) is 9.27. The smallest absolute Gasteiger partial charge is 0.427 e. The normalized spacial score (nSPS) is 11.3. The third-order valence-electron chi connectivity index (χ3n) is 4.51. The van der Waals surface area contributed by atoms with E-state index in [1.54, 1.807) is 19.3 Å². The number of anilines is 2. The number of nitrogens with one attached hydrogen (secondary N) is 2. The third-order valence-corrected chi connectivity index (χ3v) is 5.61. The molecule has 4 aromatic rings. The molecule has 31 heavy (non-hydrogen) atoms. The van der Waals surface area contributed by atoms with Gasteiger partial charge in [0.2, 0.25) is 0 Å². The average Bonchev–Trinajstić information content (AvgIpc) is 3.24. The van der Waals surface area contributed by atoms with E-state index in [4.69, 9.17) is 10.5 Å². The Kier molecular flexibility index (Phi) is 6.09. The number of pyridine rings is 1. The Balaban J connectivity index is 1.55. The highest BCUT2D eigenvalue weighted by molar-refractivity contribution is 7.21. The summed E-state index contributed by atoms with van der Waals surface area (Å²) in [4.78, 5) is 16.5. The Labute approximate surface area is 183 Å². The fourth-order valence-electron chi connectivity index (χ4n) is 3.04. The van der Waals surface area contributed by atoms with Crippen molar-refractivity contribution in [2.45, 2.75) is 6.92 Å². The van der Waals surface area contributed by atoms with Crippen LogP contribution >= 0.6 is 11.3 Å². The first-order valence-electron chi connectivity index (χ1n) is 9.70. The second-order valence-corrected chi connectivity index (χ2v) is 7.69. The standard InChI is InChI=1S/C23H21N5O2S/c1-2-30-23(29)28-27-22(24)20-12-18-19(13-25-14-21(18)31-20)26-17-10-8-16(9-11-17)15-6-4-3-5-7-15/h3-14,26H,2H2,1H3,(H2,24,27)(H,28,29). The molecule has 4 N–H and O–H groups in total. The molecule has 0 unspecified atom stereocenters. The first-order chi connectivity index (χ1) is 15.1. The van der Waals surface area contributed by atoms with Gasteiger partial charge in [-0.15, -0.1) is 11.3 Å². The maximum atomic E-state index is 11.4. The topological polar surface area (TPSA) is 102 Å². The number of carbonyl (C=O) groups excluding carboxylic acids is 1. The third kappa shape index (κ3) is 4.81. The van der Waals surface area contributed by atoms with Crippen LogP contribution in [0.3, 0.4) is 0 Å². The fourth-order valence-corrected chi connectivity index (χ4v) is 4.00. The molecular weight excluding hydrogens is 410 g/mol. The van der Waals surface area contributed by atoms with Crippen molar-refractivity contribution in [2.24, 2.45) is 10.8 Å². The molecule has 0 bridgehead atoms. The number of benzene rings is 2. The van der Waals surface area contributed by atoms with Gasteiger partial charge in [0.1, 0.15) is 0 Å². The van der Waals surface area contributed by atoms with Crippen LogP contribution < -0.4 is 16.5 Å². The van der Waals surface area contributed by atoms with Crippen LogP contribution in [-0.4, -0.2) is 23.5 Å². The van der Waals surface area contributed by atoms with Gasteiger partial charge in [0.05, 0.1) is 28.1 Å². The van der Waals surface area contributed by atoms with E-state index < -0.39 is 6.09 Å². The number of thiophene rings is 1. The number of fused-ring (bicyclic) bond motifs is 1. The average molecular weight is 432 g/mol. The summed E-state index contributed by atoms with van der Waals surface area (Å²) in [7, 11) is 0. The van der Waals surface area contributed by atoms with E-state index in [1.807, 2.05) is 36.4 Å². The zero-order valence-electron chi connectivity index (χ0n) is 16.8. The van der Waals surface area contributed by atoms with Crippen LogP contribution in [0.1, 0.15) is 11.8 Å². The number of amidine groups is 1. The lowest BCUT2D eigenvalue weighted by atomic mass is 10.1. The molecular formula is C23H21N5O2S. The van der Waals surface area contributed by atoms with Gasteiger partial charge in [-0.1, -0.05) is 42.5 Å². The molecule has 2 aromatic carbocycles. The molecule has 2 aromatic heterocycles. The number of amides is 1. The minimum absolute atomic E-state index is 0.201. The van der Waals surface area contributed by atoms with Crippen LogP contribution in [0.15, 0.2) is 78.2 Å². The fraction of sp³-hybridized carbons (Fsp3) is 0.0870.